The fraction of sp³-hybridized carbons (Fsp3) is 0.389. The Morgan fingerprint density at radius 3 is 2.83 bits per heavy atom. The Morgan fingerprint density at radius 1 is 1.35 bits per heavy atom. The van der Waals surface area contributed by atoms with Gasteiger partial charge >= 0.3 is 0 Å². The van der Waals surface area contributed by atoms with E-state index in [0.29, 0.717) is 17.4 Å². The maximum atomic E-state index is 12.5. The number of piperidine rings is 1. The number of para-hydroxylation sites is 1. The van der Waals surface area contributed by atoms with Crippen molar-refractivity contribution in [3.63, 3.8) is 0 Å². The number of hydrogen-bond acceptors (Lipinski definition) is 3. The molecule has 1 fully saturated rings. The highest BCUT2D eigenvalue weighted by Gasteiger charge is 2.22. The van der Waals surface area contributed by atoms with E-state index in [9.17, 15) is 4.79 Å². The minimum Gasteiger partial charge on any atom is -0.487 e. The topological polar surface area (TPSA) is 29.5 Å². The lowest BCUT2D eigenvalue weighted by Gasteiger charge is -2.29. The zero-order chi connectivity index (χ0) is 16.2. The van der Waals surface area contributed by atoms with Crippen LogP contribution in [0.2, 0.25) is 5.02 Å². The van der Waals surface area contributed by atoms with Gasteiger partial charge in [0.05, 0.1) is 9.90 Å². The maximum absolute atomic E-state index is 12.5. The number of likely N-dealkylation sites (tertiary alicyclic amines) is 1. The van der Waals surface area contributed by atoms with E-state index in [1.54, 1.807) is 6.07 Å². The Morgan fingerprint density at radius 2 is 2.09 bits per heavy atom. The molecule has 2 aromatic rings. The summed E-state index contributed by atoms with van der Waals surface area (Å²) in [6, 6.07) is 9.34. The molecular weight excluding hydrogens is 330 g/mol. The standard InChI is InChI=1S/C18H20ClNO2S/c1-13-6-8-20(9-7-13)18(21)17-10-14(12-23-17)11-22-16-5-3-2-4-15(16)19/h2-5,10,12-13H,6-9,11H2,1H3. The molecule has 1 aliphatic rings. The lowest BCUT2D eigenvalue weighted by Crippen LogP contribution is -2.37. The predicted molar refractivity (Wildman–Crippen MR) is 94.4 cm³/mol. The third kappa shape index (κ3) is 4.06. The number of hydrogen-bond donors (Lipinski definition) is 0. The molecule has 0 N–H and O–H groups in total. The first-order valence-electron chi connectivity index (χ1n) is 7.87. The molecule has 0 unspecified atom stereocenters. The van der Waals surface area contributed by atoms with Crippen molar-refractivity contribution in [1.29, 1.82) is 0 Å². The van der Waals surface area contributed by atoms with E-state index >= 15 is 0 Å². The number of ether oxygens (including phenoxy) is 1. The van der Waals surface area contributed by atoms with Gasteiger partial charge in [-0.15, -0.1) is 11.3 Å². The summed E-state index contributed by atoms with van der Waals surface area (Å²) >= 11 is 7.56. The van der Waals surface area contributed by atoms with Crippen LogP contribution >= 0.6 is 22.9 Å². The molecule has 23 heavy (non-hydrogen) atoms. The van der Waals surface area contributed by atoms with Gasteiger partial charge in [0.15, 0.2) is 0 Å². The second kappa shape index (κ2) is 7.37. The van der Waals surface area contributed by atoms with Crippen molar-refractivity contribution in [3.8, 4) is 5.75 Å². The van der Waals surface area contributed by atoms with E-state index < -0.39 is 0 Å². The summed E-state index contributed by atoms with van der Waals surface area (Å²) in [6.07, 6.45) is 2.19. The van der Waals surface area contributed by atoms with Crippen LogP contribution in [-0.4, -0.2) is 23.9 Å². The van der Waals surface area contributed by atoms with Gasteiger partial charge in [-0.25, -0.2) is 0 Å². The molecule has 0 atom stereocenters. The van der Waals surface area contributed by atoms with Gasteiger partial charge in [-0.05, 0) is 42.3 Å². The monoisotopic (exact) mass is 349 g/mol. The van der Waals surface area contributed by atoms with Crippen molar-refractivity contribution in [3.05, 3.63) is 51.2 Å². The Hall–Kier alpha value is -1.52. The quantitative estimate of drug-likeness (QED) is 0.789. The molecule has 0 bridgehead atoms. The number of benzene rings is 1. The second-order valence-corrected chi connectivity index (χ2v) is 7.33. The summed E-state index contributed by atoms with van der Waals surface area (Å²) in [5.41, 5.74) is 1.00. The summed E-state index contributed by atoms with van der Waals surface area (Å²) in [6.45, 7) is 4.40. The van der Waals surface area contributed by atoms with Crippen molar-refractivity contribution in [2.24, 2.45) is 5.92 Å². The Labute approximate surface area is 145 Å². The van der Waals surface area contributed by atoms with Gasteiger partial charge in [0.1, 0.15) is 12.4 Å². The summed E-state index contributed by atoms with van der Waals surface area (Å²) < 4.78 is 5.73. The van der Waals surface area contributed by atoms with Crippen LogP contribution in [0.15, 0.2) is 35.7 Å². The summed E-state index contributed by atoms with van der Waals surface area (Å²) in [5, 5.41) is 2.58. The molecule has 1 saturated heterocycles. The SMILES string of the molecule is CC1CCN(C(=O)c2cc(COc3ccccc3Cl)cs2)CC1. The molecule has 3 rings (SSSR count). The molecule has 1 aromatic heterocycles. The number of nitrogens with zero attached hydrogens (tertiary/aromatic N) is 1. The summed E-state index contributed by atoms with van der Waals surface area (Å²) in [7, 11) is 0. The molecule has 122 valence electrons. The van der Waals surface area contributed by atoms with Gasteiger partial charge in [-0.1, -0.05) is 30.7 Å². The Kier molecular flexibility index (Phi) is 5.23. The van der Waals surface area contributed by atoms with Gasteiger partial charge in [-0.2, -0.15) is 0 Å². The van der Waals surface area contributed by atoms with Crippen LogP contribution in [0.1, 0.15) is 35.0 Å². The van der Waals surface area contributed by atoms with Crippen molar-refractivity contribution < 1.29 is 9.53 Å². The van der Waals surface area contributed by atoms with E-state index in [0.717, 1.165) is 42.3 Å². The first-order chi connectivity index (χ1) is 11.1. The predicted octanol–water partition coefficient (Wildman–Crippen LogP) is 4.85. The number of halogens is 1. The molecule has 3 nitrogen and oxygen atoms in total. The van der Waals surface area contributed by atoms with Gasteiger partial charge < -0.3 is 9.64 Å². The maximum Gasteiger partial charge on any atom is 0.263 e. The normalized spacial score (nSPS) is 15.7. The van der Waals surface area contributed by atoms with Crippen LogP contribution in [0.5, 0.6) is 5.75 Å². The van der Waals surface area contributed by atoms with Crippen LogP contribution in [0.4, 0.5) is 0 Å². The lowest BCUT2D eigenvalue weighted by atomic mass is 9.99. The highest BCUT2D eigenvalue weighted by molar-refractivity contribution is 7.12. The molecule has 0 spiro atoms. The first-order valence-corrected chi connectivity index (χ1v) is 9.13. The second-order valence-electron chi connectivity index (χ2n) is 6.01. The van der Waals surface area contributed by atoms with Crippen LogP contribution in [-0.2, 0) is 6.61 Å². The molecule has 0 radical (unpaired) electrons. The minimum atomic E-state index is 0.144. The Balaban J connectivity index is 1.59. The third-order valence-electron chi connectivity index (χ3n) is 4.17. The molecule has 0 saturated carbocycles. The van der Waals surface area contributed by atoms with Crippen LogP contribution < -0.4 is 4.74 Å². The number of rotatable bonds is 4. The fourth-order valence-electron chi connectivity index (χ4n) is 2.65. The summed E-state index contributed by atoms with van der Waals surface area (Å²) in [4.78, 5) is 15.3. The number of amides is 1. The van der Waals surface area contributed by atoms with Crippen molar-refractivity contribution in [1.82, 2.24) is 4.90 Å². The molecule has 1 aliphatic heterocycles. The largest absolute Gasteiger partial charge is 0.487 e. The zero-order valence-electron chi connectivity index (χ0n) is 13.1. The lowest BCUT2D eigenvalue weighted by molar-refractivity contribution is 0.0702. The fourth-order valence-corrected chi connectivity index (χ4v) is 3.71. The van der Waals surface area contributed by atoms with E-state index in [-0.39, 0.29) is 5.91 Å². The van der Waals surface area contributed by atoms with E-state index in [1.165, 1.54) is 11.3 Å². The van der Waals surface area contributed by atoms with Gasteiger partial charge in [-0.3, -0.25) is 4.79 Å². The average Bonchev–Trinajstić information content (AvgIpc) is 3.03. The minimum absolute atomic E-state index is 0.144. The van der Waals surface area contributed by atoms with E-state index in [1.807, 2.05) is 34.5 Å². The molecule has 1 amide bonds. The van der Waals surface area contributed by atoms with Crippen molar-refractivity contribution in [2.45, 2.75) is 26.4 Å². The van der Waals surface area contributed by atoms with E-state index in [4.69, 9.17) is 16.3 Å². The average molecular weight is 350 g/mol. The molecule has 2 heterocycles. The van der Waals surface area contributed by atoms with Crippen molar-refractivity contribution in [2.75, 3.05) is 13.1 Å². The molecule has 0 aliphatic carbocycles. The van der Waals surface area contributed by atoms with Crippen LogP contribution in [0.25, 0.3) is 0 Å². The van der Waals surface area contributed by atoms with E-state index in [2.05, 4.69) is 6.92 Å². The third-order valence-corrected chi connectivity index (χ3v) is 5.45. The molecular formula is C18H20ClNO2S. The van der Waals surface area contributed by atoms with Gasteiger partial charge in [0.2, 0.25) is 0 Å². The zero-order valence-corrected chi connectivity index (χ0v) is 14.7. The number of carbonyl (C=O) groups excluding carboxylic acids is 1. The number of carbonyl (C=O) groups is 1. The smallest absolute Gasteiger partial charge is 0.263 e. The van der Waals surface area contributed by atoms with Gasteiger partial charge in [0.25, 0.3) is 5.91 Å². The van der Waals surface area contributed by atoms with Crippen LogP contribution in [0.3, 0.4) is 0 Å². The first kappa shape index (κ1) is 16.3. The summed E-state index contributed by atoms with van der Waals surface area (Å²) in [5.74, 6) is 1.53. The Bertz CT molecular complexity index is 677. The molecule has 1 aromatic carbocycles. The number of thiophene rings is 1. The highest BCUT2D eigenvalue weighted by Crippen LogP contribution is 2.26. The molecule has 5 heteroatoms. The van der Waals surface area contributed by atoms with Crippen molar-refractivity contribution >= 4 is 28.8 Å². The van der Waals surface area contributed by atoms with Crippen LogP contribution in [0, 0.1) is 5.92 Å². The highest BCUT2D eigenvalue weighted by atomic mass is 35.5. The van der Waals surface area contributed by atoms with Gasteiger partial charge in [0, 0.05) is 18.7 Å².